The van der Waals surface area contributed by atoms with E-state index in [1.54, 1.807) is 19.2 Å². The van der Waals surface area contributed by atoms with Gasteiger partial charge in [0.1, 0.15) is 35.2 Å². The van der Waals surface area contributed by atoms with E-state index in [-0.39, 0.29) is 22.2 Å². The number of benzene rings is 2. The number of anilines is 2. The highest BCUT2D eigenvalue weighted by Crippen LogP contribution is 2.39. The molecule has 1 aromatic heterocycles. The number of nitrogens with zero attached hydrogens (tertiary/aromatic N) is 2. The third-order valence-corrected chi connectivity index (χ3v) is 4.76. The van der Waals surface area contributed by atoms with E-state index in [9.17, 15) is 17.6 Å². The molecular weight excluding hydrogens is 440 g/mol. The summed E-state index contributed by atoms with van der Waals surface area (Å²) in [5, 5.41) is 3.38. The second-order valence-corrected chi connectivity index (χ2v) is 7.11. The molecule has 7 nitrogen and oxygen atoms in total. The van der Waals surface area contributed by atoms with Gasteiger partial charge in [0.2, 0.25) is 0 Å². The number of hydrogen-bond acceptors (Lipinski definition) is 8. The Morgan fingerprint density at radius 2 is 1.81 bits per heavy atom. The minimum absolute atomic E-state index is 0.0845. The molecule has 2 N–H and O–H groups in total. The lowest BCUT2D eigenvalue weighted by Gasteiger charge is -2.17. The molecule has 0 amide bonds. The van der Waals surface area contributed by atoms with Crippen molar-refractivity contribution in [2.45, 2.75) is 11.1 Å². The zero-order valence-electron chi connectivity index (χ0n) is 16.6. The number of hydrogen-bond donors (Lipinski definition) is 2. The van der Waals surface area contributed by atoms with Crippen molar-refractivity contribution in [3.05, 3.63) is 36.4 Å². The first kappa shape index (κ1) is 22.7. The van der Waals surface area contributed by atoms with Gasteiger partial charge in [-0.15, -0.1) is 0 Å². The van der Waals surface area contributed by atoms with E-state index in [0.29, 0.717) is 22.4 Å². The van der Waals surface area contributed by atoms with Crippen LogP contribution in [0.25, 0.3) is 10.9 Å². The van der Waals surface area contributed by atoms with Gasteiger partial charge in [-0.3, -0.25) is 4.72 Å². The molecular formula is C19H18F4N4O3S. The van der Waals surface area contributed by atoms with Crippen LogP contribution in [0.4, 0.5) is 29.1 Å². The first-order valence-electron chi connectivity index (χ1n) is 8.76. The second-order valence-electron chi connectivity index (χ2n) is 6.06. The molecule has 0 bridgehead atoms. The lowest BCUT2D eigenvalue weighted by atomic mass is 10.2. The van der Waals surface area contributed by atoms with E-state index in [4.69, 9.17) is 14.2 Å². The number of halogens is 4. The van der Waals surface area contributed by atoms with Crippen LogP contribution in [0.3, 0.4) is 0 Å². The maximum absolute atomic E-state index is 14.3. The first-order valence-corrected chi connectivity index (χ1v) is 9.57. The molecule has 0 radical (unpaired) electrons. The van der Waals surface area contributed by atoms with Gasteiger partial charge in [-0.25, -0.2) is 14.4 Å². The Balaban J connectivity index is 2.10. The van der Waals surface area contributed by atoms with Gasteiger partial charge in [-0.2, -0.15) is 13.2 Å². The van der Waals surface area contributed by atoms with Crippen molar-refractivity contribution in [3.63, 3.8) is 0 Å². The van der Waals surface area contributed by atoms with Gasteiger partial charge in [-0.1, -0.05) is 0 Å². The summed E-state index contributed by atoms with van der Waals surface area (Å²) in [6, 6.07) is 5.48. The Hall–Kier alpha value is -2.99. The summed E-state index contributed by atoms with van der Waals surface area (Å²) < 4.78 is 70.5. The van der Waals surface area contributed by atoms with Crippen LogP contribution in [0.15, 0.2) is 35.5 Å². The van der Waals surface area contributed by atoms with E-state index in [0.717, 1.165) is 18.0 Å². The molecule has 166 valence electrons. The molecule has 0 unspecified atom stereocenters. The van der Waals surface area contributed by atoms with E-state index >= 15 is 0 Å². The average molecular weight is 458 g/mol. The van der Waals surface area contributed by atoms with Gasteiger partial charge in [-0.05, 0) is 25.1 Å². The molecule has 0 saturated carbocycles. The minimum atomic E-state index is -4.59. The van der Waals surface area contributed by atoms with Gasteiger partial charge >= 0.3 is 6.18 Å². The van der Waals surface area contributed by atoms with Crippen molar-refractivity contribution >= 4 is 34.4 Å². The van der Waals surface area contributed by atoms with Gasteiger partial charge in [0, 0.05) is 18.2 Å². The molecule has 31 heavy (non-hydrogen) atoms. The van der Waals surface area contributed by atoms with Crippen LogP contribution in [0, 0.1) is 5.82 Å². The Labute approximate surface area is 179 Å². The summed E-state index contributed by atoms with van der Waals surface area (Å²) in [5.41, 5.74) is 0.555. The summed E-state index contributed by atoms with van der Waals surface area (Å²) in [6.07, 6.45) is -3.32. The molecule has 3 rings (SSSR count). The van der Waals surface area contributed by atoms with Crippen molar-refractivity contribution in [1.82, 2.24) is 14.7 Å². The molecule has 2 aromatic carbocycles. The number of aromatic nitrogens is 2. The number of methoxy groups -OCH3 is 2. The Morgan fingerprint density at radius 1 is 1.03 bits per heavy atom. The van der Waals surface area contributed by atoms with Crippen molar-refractivity contribution < 1.29 is 31.8 Å². The van der Waals surface area contributed by atoms with Crippen LogP contribution in [0.5, 0.6) is 17.2 Å². The standard InChI is InChI=1S/C19H18F4N4O3S/c1-24-31-16-7-12(14(6-11(16)20)30-8-19(21,22)23)27-18-17-13(25-9-26-18)4-10(28-2)5-15(17)29-3/h4-7,9,24H,8H2,1-3H3,(H,25,26,27). The monoisotopic (exact) mass is 458 g/mol. The third-order valence-electron chi connectivity index (χ3n) is 4.02. The maximum Gasteiger partial charge on any atom is 0.422 e. The number of fused-ring (bicyclic) bond motifs is 1. The Kier molecular flexibility index (Phi) is 6.91. The molecule has 0 aliphatic heterocycles. The normalized spacial score (nSPS) is 11.5. The number of rotatable bonds is 8. The molecule has 3 aromatic rings. The fourth-order valence-corrected chi connectivity index (χ4v) is 3.28. The SMILES string of the molecule is CNSc1cc(Nc2ncnc3cc(OC)cc(OC)c23)c(OCC(F)(F)F)cc1F. The molecule has 0 atom stereocenters. The zero-order chi connectivity index (χ0) is 22.6. The number of ether oxygens (including phenoxy) is 3. The topological polar surface area (TPSA) is 77.5 Å². The fraction of sp³-hybridized carbons (Fsp3) is 0.263. The summed E-state index contributed by atoms with van der Waals surface area (Å²) >= 11 is 0.958. The smallest absolute Gasteiger partial charge is 0.422 e. The molecule has 0 fully saturated rings. The largest absolute Gasteiger partial charge is 0.497 e. The van der Waals surface area contributed by atoms with Crippen molar-refractivity contribution in [2.24, 2.45) is 0 Å². The average Bonchev–Trinajstić information content (AvgIpc) is 2.73. The van der Waals surface area contributed by atoms with Gasteiger partial charge in [0.25, 0.3) is 0 Å². The van der Waals surface area contributed by atoms with Gasteiger partial charge < -0.3 is 19.5 Å². The molecule has 0 aliphatic rings. The van der Waals surface area contributed by atoms with Crippen LogP contribution >= 0.6 is 11.9 Å². The molecule has 0 saturated heterocycles. The highest BCUT2D eigenvalue weighted by atomic mass is 32.2. The van der Waals surface area contributed by atoms with Gasteiger partial charge in [0.05, 0.1) is 35.7 Å². The van der Waals surface area contributed by atoms with Crippen LogP contribution < -0.4 is 24.2 Å². The van der Waals surface area contributed by atoms with E-state index in [2.05, 4.69) is 20.0 Å². The summed E-state index contributed by atoms with van der Waals surface area (Å²) in [4.78, 5) is 8.51. The lowest BCUT2D eigenvalue weighted by molar-refractivity contribution is -0.153. The first-order chi connectivity index (χ1) is 14.8. The summed E-state index contributed by atoms with van der Waals surface area (Å²) in [7, 11) is 4.52. The van der Waals surface area contributed by atoms with E-state index in [1.807, 2.05) is 0 Å². The molecule has 0 spiro atoms. The molecule has 12 heteroatoms. The third kappa shape index (κ3) is 5.39. The van der Waals surface area contributed by atoms with Crippen LogP contribution in [0.1, 0.15) is 0 Å². The number of alkyl halides is 3. The van der Waals surface area contributed by atoms with Crippen LogP contribution in [-0.2, 0) is 0 Å². The van der Waals surface area contributed by atoms with E-state index in [1.165, 1.54) is 26.6 Å². The summed E-state index contributed by atoms with van der Waals surface area (Å²) in [6.45, 7) is -1.58. The van der Waals surface area contributed by atoms with Crippen LogP contribution in [-0.4, -0.2) is 44.0 Å². The van der Waals surface area contributed by atoms with Gasteiger partial charge in [0.15, 0.2) is 6.61 Å². The quantitative estimate of drug-likeness (QED) is 0.372. The van der Waals surface area contributed by atoms with Crippen molar-refractivity contribution in [2.75, 3.05) is 33.2 Å². The van der Waals surface area contributed by atoms with Crippen molar-refractivity contribution in [1.29, 1.82) is 0 Å². The minimum Gasteiger partial charge on any atom is -0.497 e. The lowest BCUT2D eigenvalue weighted by Crippen LogP contribution is -2.19. The Bertz CT molecular complexity index is 1080. The summed E-state index contributed by atoms with van der Waals surface area (Å²) in [5.74, 6) is 0.0414. The Morgan fingerprint density at radius 3 is 2.45 bits per heavy atom. The fourth-order valence-electron chi connectivity index (χ4n) is 2.73. The molecule has 0 aliphatic carbocycles. The number of nitrogens with one attached hydrogen (secondary N) is 2. The highest BCUT2D eigenvalue weighted by Gasteiger charge is 2.29. The maximum atomic E-state index is 14.3. The zero-order valence-corrected chi connectivity index (χ0v) is 17.4. The predicted octanol–water partition coefficient (Wildman–Crippen LogP) is 4.70. The predicted molar refractivity (Wildman–Crippen MR) is 109 cm³/mol. The molecule has 1 heterocycles. The second kappa shape index (κ2) is 9.43. The van der Waals surface area contributed by atoms with E-state index < -0.39 is 18.6 Å². The van der Waals surface area contributed by atoms with Crippen molar-refractivity contribution in [3.8, 4) is 17.2 Å². The van der Waals surface area contributed by atoms with Crippen LogP contribution in [0.2, 0.25) is 0 Å². The highest BCUT2D eigenvalue weighted by molar-refractivity contribution is 7.97.